The SMILES string of the molecule is C=CCOC(=O)OC1[C@@H](OCC2O[C@@H](O[C@@H]3C(CC)O[C@@H](O[C@@H]4C(CC)O[C@@H](OCc5ccccc5)C(NC(=O)OCC(Cl)(Cl)Cl)[C@H]4C)C(C)[C@H]3C)C(OCc3ccccc3)[C@@H](O[C@@H]3OC(CC)[C@H](O[C@@H]4OC(CC)[C@@H](O[C@@H]5OC(COC(C)=O)[C@H](C)[C@H](C)C5OC(C)=O)[C@H](C)C4C)C(C)[C@@H]3O[C@@H]3OC(CC)[C@@H](O[C@@H]4OC(COCc5ccccc5)[C@H](C)[C@H](C)C4OCc4ccccc4)[C@H](C)C3C)[C@@H]2C)OC(CC)[C@@H](C)[C@@H]1C. The van der Waals surface area contributed by atoms with Crippen LogP contribution >= 0.6 is 34.8 Å². The normalized spacial score (nSPS) is 39.8. The van der Waals surface area contributed by atoms with E-state index in [9.17, 15) is 19.2 Å². The van der Waals surface area contributed by atoms with E-state index >= 15 is 0 Å². The van der Waals surface area contributed by atoms with Crippen LogP contribution < -0.4 is 5.32 Å². The molecule has 34 heteroatoms. The molecule has 148 heavy (non-hydrogen) atoms. The van der Waals surface area contributed by atoms with Crippen LogP contribution in [0.3, 0.4) is 0 Å². The molecule has 4 aromatic rings. The van der Waals surface area contributed by atoms with E-state index in [1.54, 1.807) is 0 Å². The average Bonchev–Trinajstić information content (AvgIpc) is 0.754. The smallest absolute Gasteiger partial charge is 0.463 e. The third-order valence-corrected chi connectivity index (χ3v) is 33.3. The molecule has 0 bridgehead atoms. The van der Waals surface area contributed by atoms with Gasteiger partial charge in [-0.25, -0.2) is 9.59 Å². The van der Waals surface area contributed by atoms with Crippen molar-refractivity contribution in [2.24, 2.45) is 88.8 Å². The number of alkyl halides is 3. The third kappa shape index (κ3) is 30.3. The Morgan fingerprint density at radius 3 is 1.09 bits per heavy atom. The highest BCUT2D eigenvalue weighted by Crippen LogP contribution is 2.50. The number of rotatable bonds is 44. The molecule has 13 rings (SSSR count). The van der Waals surface area contributed by atoms with Crippen molar-refractivity contribution in [1.82, 2.24) is 5.32 Å². The van der Waals surface area contributed by atoms with Gasteiger partial charge in [-0.05, 0) is 102 Å². The topological polar surface area (TPSA) is 320 Å². The standard InChI is InChI=1S/C114H168Cl3NO30/c1-25-52-124-113(122)148-99-65(12)61(8)82(26-2)132-107(99)129-59-90-73(20)97(102(127-55-80-48-40-34-41-49-80)111(140-90)145-94-68(15)70(17)103(133-85(94)29-5)141-95-74(21)91(118-112(121)130-60-114(115,116)117)106(136-86(95)30-6)128-56-81-50-42-35-43-51-81)146-110-101(75(22)96(87(31-7)137-110)142-104-71(18)67(14)93(84(28-4)134-104)144-109-100(131-77(24)120)66(13)63(10)89(139-109)58-125-76(23)119)147-105-72(19)69(16)92(83(27-3)135-105)143-108-98(126-54-79-46-38-33-39-47-79)64(11)62(9)88(138-108)57-123-53-78-44-36-32-37-45-78/h25,32-51,61-75,82-111H,1,26-31,52-60H2,2-24H3,(H,118,121)/t61-,62+,63+,64-,65-,66-,67+,68+,69+,70?,71?,72?,73+,74+,75?,82?,83?,84?,85?,86?,87?,88?,89?,90?,91?,92-,93-,94-,95-,96+,97-,98?,99?,100?,101-,102?,103-,104-,105-,106+,107-,108-,109-,110-,111-/m0/s1. The molecule has 0 saturated carbocycles. The summed E-state index contributed by atoms with van der Waals surface area (Å²) in [4.78, 5) is 52.8. The molecule has 0 aliphatic carbocycles. The van der Waals surface area contributed by atoms with Crippen molar-refractivity contribution in [2.45, 2.75) is 413 Å². The Morgan fingerprint density at radius 1 is 0.304 bits per heavy atom. The molecule has 31 nitrogen and oxygen atoms in total. The molecular weight excluding hydrogens is 1970 g/mol. The van der Waals surface area contributed by atoms with Gasteiger partial charge in [0.25, 0.3) is 0 Å². The van der Waals surface area contributed by atoms with Crippen LogP contribution in [0.1, 0.15) is 220 Å². The summed E-state index contributed by atoms with van der Waals surface area (Å²) in [5.74, 6) is -5.45. The Morgan fingerprint density at radius 2 is 0.642 bits per heavy atom. The number of amides is 1. The number of hydrogen-bond acceptors (Lipinski definition) is 30. The van der Waals surface area contributed by atoms with E-state index < -0.39 is 231 Å². The van der Waals surface area contributed by atoms with Crippen molar-refractivity contribution >= 4 is 59.0 Å². The fourth-order valence-electron chi connectivity index (χ4n) is 22.5. The number of halogens is 3. The van der Waals surface area contributed by atoms with E-state index in [2.05, 4.69) is 126 Å². The fraction of sp³-hybridized carbons (Fsp3) is 0.737. The molecular formula is C114H168Cl3NO30. The first-order chi connectivity index (χ1) is 70.9. The van der Waals surface area contributed by atoms with Gasteiger partial charge in [-0.2, -0.15) is 0 Å². The lowest BCUT2D eigenvalue weighted by Crippen LogP contribution is -2.65. The Labute approximate surface area is 892 Å². The second-order valence-corrected chi connectivity index (χ2v) is 45.3. The number of esters is 2. The van der Waals surface area contributed by atoms with E-state index in [1.165, 1.54) is 19.9 Å². The van der Waals surface area contributed by atoms with E-state index in [1.807, 2.05) is 152 Å². The van der Waals surface area contributed by atoms with Gasteiger partial charge in [-0.15, -0.1) is 0 Å². The highest BCUT2D eigenvalue weighted by atomic mass is 35.6. The monoisotopic (exact) mass is 2140 g/mol. The van der Waals surface area contributed by atoms with Crippen molar-refractivity contribution < 1.29 is 142 Å². The first-order valence-corrected chi connectivity index (χ1v) is 55.4. The van der Waals surface area contributed by atoms with Crippen molar-refractivity contribution in [3.8, 4) is 0 Å². The summed E-state index contributed by atoms with van der Waals surface area (Å²) in [6.45, 7) is 50.6. The summed E-state index contributed by atoms with van der Waals surface area (Å²) >= 11 is 18.3. The van der Waals surface area contributed by atoms with Crippen LogP contribution in [-0.4, -0.2) is 246 Å². The van der Waals surface area contributed by atoms with Gasteiger partial charge in [-0.3, -0.25) is 9.59 Å². The molecule has 1 amide bonds. The summed E-state index contributed by atoms with van der Waals surface area (Å²) < 4.78 is 180. The molecule has 0 radical (unpaired) electrons. The maximum absolute atomic E-state index is 13.8. The van der Waals surface area contributed by atoms with Crippen LogP contribution in [0.5, 0.6) is 0 Å². The van der Waals surface area contributed by atoms with Crippen LogP contribution in [-0.2, 0) is 159 Å². The number of hydrogen-bond donors (Lipinski definition) is 1. The van der Waals surface area contributed by atoms with Gasteiger partial charge in [0.15, 0.2) is 68.8 Å². The van der Waals surface area contributed by atoms with Crippen LogP contribution in [0.15, 0.2) is 134 Å². The lowest BCUT2D eigenvalue weighted by molar-refractivity contribution is -0.400. The second-order valence-electron chi connectivity index (χ2n) is 42.8. The predicted molar refractivity (Wildman–Crippen MR) is 552 cm³/mol. The molecule has 4 aromatic carbocycles. The predicted octanol–water partition coefficient (Wildman–Crippen LogP) is 20.5. The molecule has 9 fully saturated rings. The van der Waals surface area contributed by atoms with Crippen LogP contribution in [0, 0.1) is 88.8 Å². The molecule has 9 heterocycles. The van der Waals surface area contributed by atoms with Crippen LogP contribution in [0.4, 0.5) is 9.59 Å². The lowest BCUT2D eigenvalue weighted by atomic mass is 9.81. The Balaban J connectivity index is 0.860. The zero-order chi connectivity index (χ0) is 107. The Hall–Kier alpha value is -5.87. The number of nitrogens with one attached hydrogen (secondary N) is 1. The summed E-state index contributed by atoms with van der Waals surface area (Å²) in [6.07, 6.45) is -20.2. The minimum atomic E-state index is -1.88. The summed E-state index contributed by atoms with van der Waals surface area (Å²) in [7, 11) is 0. The zero-order valence-electron chi connectivity index (χ0n) is 90.8. The van der Waals surface area contributed by atoms with Crippen molar-refractivity contribution in [3.63, 3.8) is 0 Å². The van der Waals surface area contributed by atoms with Gasteiger partial charge < -0.3 is 128 Å². The fourth-order valence-corrected chi connectivity index (χ4v) is 22.6. The van der Waals surface area contributed by atoms with Crippen LogP contribution in [0.25, 0.3) is 0 Å². The first-order valence-electron chi connectivity index (χ1n) is 54.3. The maximum atomic E-state index is 13.8. The van der Waals surface area contributed by atoms with Crippen molar-refractivity contribution in [3.05, 3.63) is 156 Å². The van der Waals surface area contributed by atoms with E-state index in [0.29, 0.717) is 58.3 Å². The van der Waals surface area contributed by atoms with Gasteiger partial charge >= 0.3 is 24.2 Å². The van der Waals surface area contributed by atoms with Crippen molar-refractivity contribution in [1.29, 1.82) is 0 Å². The highest BCUT2D eigenvalue weighted by Gasteiger charge is 2.60. The first kappa shape index (κ1) is 119. The van der Waals surface area contributed by atoms with E-state index in [-0.39, 0.29) is 110 Å². The summed E-state index contributed by atoms with van der Waals surface area (Å²) in [6, 6.07) is 39.0. The quantitative estimate of drug-likeness (QED) is 0.0186. The molecule has 830 valence electrons. The van der Waals surface area contributed by atoms with Crippen molar-refractivity contribution in [2.75, 3.05) is 33.0 Å². The van der Waals surface area contributed by atoms with Gasteiger partial charge in [-0.1, -0.05) is 314 Å². The number of alkyl carbamates (subject to hydrolysis) is 1. The largest absolute Gasteiger partial charge is 0.509 e. The van der Waals surface area contributed by atoms with E-state index in [4.69, 9.17) is 158 Å². The number of carbonyl (C=O) groups is 4. The van der Waals surface area contributed by atoms with Gasteiger partial charge in [0.05, 0.1) is 137 Å². The van der Waals surface area contributed by atoms with Gasteiger partial charge in [0, 0.05) is 61.2 Å². The Bertz CT molecular complexity index is 4630. The van der Waals surface area contributed by atoms with Gasteiger partial charge in [0.2, 0.25) is 3.79 Å². The number of ether oxygens (including phenoxy) is 26. The Kier molecular flexibility index (Phi) is 45.2. The summed E-state index contributed by atoms with van der Waals surface area (Å²) in [5, 5.41) is 2.98. The molecule has 0 spiro atoms. The maximum Gasteiger partial charge on any atom is 0.509 e. The van der Waals surface area contributed by atoms with E-state index in [0.717, 1.165) is 22.3 Å². The molecule has 9 aliphatic rings. The molecule has 9 saturated heterocycles. The molecule has 9 aliphatic heterocycles. The van der Waals surface area contributed by atoms with Crippen LogP contribution in [0.2, 0.25) is 0 Å². The average molecular weight is 2140 g/mol. The minimum absolute atomic E-state index is 0.0164. The molecule has 0 aromatic heterocycles. The molecule has 18 unspecified atom stereocenters. The molecule has 45 atom stereocenters. The lowest BCUT2D eigenvalue weighted by Gasteiger charge is -2.54. The van der Waals surface area contributed by atoms with Gasteiger partial charge in [0.1, 0.15) is 38.1 Å². The number of carbonyl (C=O) groups excluding carboxylic acids is 4. The summed E-state index contributed by atoms with van der Waals surface area (Å²) in [5.41, 5.74) is 3.82. The highest BCUT2D eigenvalue weighted by molar-refractivity contribution is 6.67. The second kappa shape index (κ2) is 56.2. The number of benzene rings is 4. The third-order valence-electron chi connectivity index (χ3n) is 33.0. The molecule has 1 N–H and O–H groups in total. The minimum Gasteiger partial charge on any atom is -0.463 e. The zero-order valence-corrected chi connectivity index (χ0v) is 93.1.